The van der Waals surface area contributed by atoms with Crippen LogP contribution in [0.1, 0.15) is 44.0 Å². The molecule has 0 saturated carbocycles. The van der Waals surface area contributed by atoms with Crippen LogP contribution in [0.5, 0.6) is 0 Å². The summed E-state index contributed by atoms with van der Waals surface area (Å²) in [6, 6.07) is 7.10. The predicted octanol–water partition coefficient (Wildman–Crippen LogP) is 3.75. The summed E-state index contributed by atoms with van der Waals surface area (Å²) in [5, 5.41) is 2.73. The molecule has 0 aliphatic carbocycles. The molecule has 0 aliphatic rings. The van der Waals surface area contributed by atoms with Crippen LogP contribution in [0.25, 0.3) is 0 Å². The summed E-state index contributed by atoms with van der Waals surface area (Å²) in [6.45, 7) is 5.53. The third kappa shape index (κ3) is 5.07. The summed E-state index contributed by atoms with van der Waals surface area (Å²) in [7, 11) is 0. The number of benzene rings is 1. The third-order valence-corrected chi connectivity index (χ3v) is 4.04. The number of hydrogen-bond donors (Lipinski definition) is 1. The van der Waals surface area contributed by atoms with E-state index in [-0.39, 0.29) is 16.9 Å². The molecule has 0 aliphatic heterocycles. The first-order valence-corrected chi connectivity index (χ1v) is 7.63. The van der Waals surface area contributed by atoms with Crippen LogP contribution in [0.3, 0.4) is 0 Å². The van der Waals surface area contributed by atoms with Crippen molar-refractivity contribution in [2.24, 2.45) is 0 Å². The summed E-state index contributed by atoms with van der Waals surface area (Å²) in [4.78, 5) is 23.5. The van der Waals surface area contributed by atoms with Gasteiger partial charge in [-0.3, -0.25) is 9.59 Å². The Hall–Kier alpha value is -1.29. The highest BCUT2D eigenvalue weighted by Gasteiger charge is 2.15. The van der Waals surface area contributed by atoms with Crippen LogP contribution >= 0.6 is 11.8 Å². The Bertz CT molecular complexity index is 446. The molecule has 0 bridgehead atoms. The number of hydrogen-bond acceptors (Lipinski definition) is 3. The van der Waals surface area contributed by atoms with Crippen LogP contribution in [0.4, 0.5) is 5.69 Å². The Morgan fingerprint density at radius 3 is 2.63 bits per heavy atom. The second-order valence-electron chi connectivity index (χ2n) is 4.46. The Balaban J connectivity index is 2.64. The molecule has 19 heavy (non-hydrogen) atoms. The highest BCUT2D eigenvalue weighted by molar-refractivity contribution is 8.00. The normalized spacial score (nSPS) is 11.9. The zero-order valence-electron chi connectivity index (χ0n) is 11.7. The molecular weight excluding hydrogens is 258 g/mol. The van der Waals surface area contributed by atoms with Gasteiger partial charge in [-0.05, 0) is 38.2 Å². The predicted molar refractivity (Wildman–Crippen MR) is 81.9 cm³/mol. The van der Waals surface area contributed by atoms with E-state index in [0.717, 1.165) is 18.6 Å². The maximum Gasteiger partial charge on any atom is 0.237 e. The number of carbonyl (C=O) groups is 2. The lowest BCUT2D eigenvalue weighted by Crippen LogP contribution is -2.23. The Morgan fingerprint density at radius 1 is 1.32 bits per heavy atom. The molecule has 0 radical (unpaired) electrons. The minimum Gasteiger partial charge on any atom is -0.324 e. The molecule has 1 amide bonds. The van der Waals surface area contributed by atoms with Crippen molar-refractivity contribution in [1.29, 1.82) is 0 Å². The Labute approximate surface area is 119 Å². The maximum absolute atomic E-state index is 12.0. The van der Waals surface area contributed by atoms with Crippen LogP contribution in [0.15, 0.2) is 24.3 Å². The summed E-state index contributed by atoms with van der Waals surface area (Å²) >= 11 is 1.65. The fourth-order valence-corrected chi connectivity index (χ4v) is 2.63. The number of anilines is 1. The molecule has 3 nitrogen and oxygen atoms in total. The van der Waals surface area contributed by atoms with Crippen LogP contribution in [0, 0.1) is 0 Å². The van der Waals surface area contributed by atoms with Gasteiger partial charge in [0.05, 0.1) is 10.9 Å². The van der Waals surface area contributed by atoms with Gasteiger partial charge in [-0.25, -0.2) is 0 Å². The van der Waals surface area contributed by atoms with Crippen LogP contribution in [-0.4, -0.2) is 22.7 Å². The first kappa shape index (κ1) is 15.8. The zero-order valence-corrected chi connectivity index (χ0v) is 12.5. The number of thioether (sulfide) groups is 1. The van der Waals surface area contributed by atoms with Crippen molar-refractivity contribution < 1.29 is 9.59 Å². The van der Waals surface area contributed by atoms with Gasteiger partial charge in [0.25, 0.3) is 0 Å². The number of nitrogens with one attached hydrogen (secondary N) is 1. The summed E-state index contributed by atoms with van der Waals surface area (Å²) < 4.78 is 0. The fourth-order valence-electron chi connectivity index (χ4n) is 1.61. The van der Waals surface area contributed by atoms with E-state index in [1.54, 1.807) is 30.0 Å². The molecule has 0 aromatic heterocycles. The van der Waals surface area contributed by atoms with Crippen molar-refractivity contribution in [2.45, 2.75) is 38.9 Å². The molecule has 1 aromatic rings. The number of rotatable bonds is 7. The van der Waals surface area contributed by atoms with Gasteiger partial charge >= 0.3 is 0 Å². The van der Waals surface area contributed by atoms with Crippen LogP contribution in [0.2, 0.25) is 0 Å². The minimum atomic E-state index is -0.105. The highest BCUT2D eigenvalue weighted by Crippen LogP contribution is 2.19. The topological polar surface area (TPSA) is 46.2 Å². The minimum absolute atomic E-state index is 0.0396. The van der Waals surface area contributed by atoms with E-state index in [1.165, 1.54) is 6.92 Å². The molecule has 1 rings (SSSR count). The largest absolute Gasteiger partial charge is 0.324 e. The van der Waals surface area contributed by atoms with E-state index in [4.69, 9.17) is 0 Å². The second-order valence-corrected chi connectivity index (χ2v) is 5.91. The van der Waals surface area contributed by atoms with Crippen molar-refractivity contribution in [3.63, 3.8) is 0 Å². The van der Waals surface area contributed by atoms with Gasteiger partial charge in [-0.15, -0.1) is 11.8 Å². The van der Waals surface area contributed by atoms with Crippen LogP contribution in [-0.2, 0) is 4.79 Å². The molecule has 1 atom stereocenters. The second kappa shape index (κ2) is 8.00. The van der Waals surface area contributed by atoms with Crippen LogP contribution < -0.4 is 5.32 Å². The number of unbranched alkanes of at least 4 members (excludes halogenated alkanes) is 1. The van der Waals surface area contributed by atoms with E-state index in [9.17, 15) is 9.59 Å². The first-order valence-electron chi connectivity index (χ1n) is 6.58. The molecule has 0 saturated heterocycles. The quantitative estimate of drug-likeness (QED) is 0.611. The molecule has 1 aromatic carbocycles. The number of amides is 1. The summed E-state index contributed by atoms with van der Waals surface area (Å²) in [6.07, 6.45) is 2.25. The van der Waals surface area contributed by atoms with E-state index in [1.807, 2.05) is 13.0 Å². The lowest BCUT2D eigenvalue weighted by molar-refractivity contribution is -0.115. The Morgan fingerprint density at radius 2 is 2.00 bits per heavy atom. The summed E-state index contributed by atoms with van der Waals surface area (Å²) in [5.74, 6) is 0.899. The lowest BCUT2D eigenvalue weighted by atomic mass is 10.1. The van der Waals surface area contributed by atoms with Gasteiger partial charge in [0.1, 0.15) is 0 Å². The Kier molecular flexibility index (Phi) is 6.64. The van der Waals surface area contributed by atoms with Gasteiger partial charge in [0.15, 0.2) is 5.78 Å². The number of Topliss-reactive ketones (excluding diaryl/α,β-unsaturated/α-hetero) is 1. The van der Waals surface area contributed by atoms with Gasteiger partial charge < -0.3 is 5.32 Å². The van der Waals surface area contributed by atoms with E-state index in [0.29, 0.717) is 11.3 Å². The molecule has 0 spiro atoms. The monoisotopic (exact) mass is 279 g/mol. The molecule has 104 valence electrons. The molecular formula is C15H21NO2S. The molecule has 4 heteroatoms. The summed E-state index contributed by atoms with van der Waals surface area (Å²) in [5.41, 5.74) is 1.16. The third-order valence-electron chi connectivity index (χ3n) is 2.80. The standard InChI is InChI=1S/C15H21NO2S/c1-4-5-10-19-12(3)15(18)16-14-9-7-6-8-13(14)11(2)17/h6-9,12H,4-5,10H2,1-3H3,(H,16,18). The van der Waals surface area contributed by atoms with Gasteiger partial charge in [0.2, 0.25) is 5.91 Å². The highest BCUT2D eigenvalue weighted by atomic mass is 32.2. The van der Waals surface area contributed by atoms with Crippen molar-refractivity contribution in [2.75, 3.05) is 11.1 Å². The van der Waals surface area contributed by atoms with Crippen molar-refractivity contribution in [3.8, 4) is 0 Å². The average Bonchev–Trinajstić information content (AvgIpc) is 2.39. The van der Waals surface area contributed by atoms with E-state index < -0.39 is 0 Å². The molecule has 0 fully saturated rings. The average molecular weight is 279 g/mol. The zero-order chi connectivity index (χ0) is 14.3. The van der Waals surface area contributed by atoms with Crippen molar-refractivity contribution in [3.05, 3.63) is 29.8 Å². The lowest BCUT2D eigenvalue weighted by Gasteiger charge is -2.13. The first-order chi connectivity index (χ1) is 9.06. The molecule has 1 N–H and O–H groups in total. The van der Waals surface area contributed by atoms with Crippen molar-refractivity contribution >= 4 is 29.1 Å². The smallest absolute Gasteiger partial charge is 0.237 e. The number of para-hydroxylation sites is 1. The molecule has 0 heterocycles. The van der Waals surface area contributed by atoms with E-state index >= 15 is 0 Å². The molecule has 1 unspecified atom stereocenters. The van der Waals surface area contributed by atoms with Gasteiger partial charge in [-0.2, -0.15) is 0 Å². The van der Waals surface area contributed by atoms with Gasteiger partial charge in [-0.1, -0.05) is 25.5 Å². The van der Waals surface area contributed by atoms with Gasteiger partial charge in [0, 0.05) is 5.56 Å². The maximum atomic E-state index is 12.0. The fraction of sp³-hybridized carbons (Fsp3) is 0.467. The SMILES string of the molecule is CCCCSC(C)C(=O)Nc1ccccc1C(C)=O. The number of ketones is 1. The van der Waals surface area contributed by atoms with Crippen molar-refractivity contribution in [1.82, 2.24) is 0 Å². The number of carbonyl (C=O) groups excluding carboxylic acids is 2. The van der Waals surface area contributed by atoms with E-state index in [2.05, 4.69) is 12.2 Å².